The molecule has 0 atom stereocenters. The molecule has 10 heteroatoms. The molecule has 2 aromatic heterocycles. The summed E-state index contributed by atoms with van der Waals surface area (Å²) in [4.78, 5) is 20.6. The van der Waals surface area contributed by atoms with Crippen molar-refractivity contribution < 1.29 is 18.3 Å². The summed E-state index contributed by atoms with van der Waals surface area (Å²) in [5.41, 5.74) is 3.53. The van der Waals surface area contributed by atoms with Crippen LogP contribution in [0.25, 0.3) is 22.8 Å². The van der Waals surface area contributed by atoms with E-state index in [1.54, 1.807) is 7.11 Å². The average Bonchev–Trinajstić information content (AvgIpc) is 3.44. The molecule has 2 heterocycles. The predicted molar refractivity (Wildman–Crippen MR) is 124 cm³/mol. The molecule has 176 valence electrons. The van der Waals surface area contributed by atoms with E-state index in [0.29, 0.717) is 31.2 Å². The molecule has 4 aromatic rings. The van der Waals surface area contributed by atoms with Crippen molar-refractivity contribution in [1.29, 1.82) is 0 Å². The van der Waals surface area contributed by atoms with E-state index in [0.717, 1.165) is 34.6 Å². The minimum Gasteiger partial charge on any atom is -0.383 e. The van der Waals surface area contributed by atoms with Crippen molar-refractivity contribution in [2.45, 2.75) is 13.5 Å². The first-order chi connectivity index (χ1) is 16.5. The van der Waals surface area contributed by atoms with Gasteiger partial charge < -0.3 is 20.4 Å². The maximum Gasteiger partial charge on any atom is 0.261 e. The van der Waals surface area contributed by atoms with Gasteiger partial charge in [-0.05, 0) is 19.1 Å². The molecule has 0 saturated carbocycles. The van der Waals surface area contributed by atoms with Crippen LogP contribution in [0.1, 0.15) is 21.6 Å². The Hall–Kier alpha value is -3.89. The van der Waals surface area contributed by atoms with Crippen LogP contribution in [0.3, 0.4) is 0 Å². The van der Waals surface area contributed by atoms with Gasteiger partial charge in [-0.2, -0.15) is 5.10 Å². The second-order valence-corrected chi connectivity index (χ2v) is 7.66. The number of halogens is 2. The van der Waals surface area contributed by atoms with Crippen molar-refractivity contribution >= 4 is 11.6 Å². The molecule has 0 unspecified atom stereocenters. The van der Waals surface area contributed by atoms with Crippen LogP contribution in [0.5, 0.6) is 0 Å². The number of anilines is 1. The predicted octanol–water partition coefficient (Wildman–Crippen LogP) is 4.04. The van der Waals surface area contributed by atoms with Gasteiger partial charge in [-0.3, -0.25) is 9.89 Å². The number of ether oxygens (including phenoxy) is 1. The van der Waals surface area contributed by atoms with Gasteiger partial charge in [-0.15, -0.1) is 0 Å². The highest BCUT2D eigenvalue weighted by Gasteiger charge is 2.21. The molecule has 2 aromatic carbocycles. The highest BCUT2D eigenvalue weighted by molar-refractivity contribution is 6.06. The summed E-state index contributed by atoms with van der Waals surface area (Å²) < 4.78 is 33.2. The van der Waals surface area contributed by atoms with Crippen LogP contribution in [0.2, 0.25) is 0 Å². The third kappa shape index (κ3) is 5.03. The monoisotopic (exact) mass is 466 g/mol. The van der Waals surface area contributed by atoms with Crippen molar-refractivity contribution in [3.8, 4) is 22.8 Å². The van der Waals surface area contributed by atoms with Gasteiger partial charge in [0.2, 0.25) is 0 Å². The summed E-state index contributed by atoms with van der Waals surface area (Å²) >= 11 is 0. The highest BCUT2D eigenvalue weighted by atomic mass is 19.1. The summed E-state index contributed by atoms with van der Waals surface area (Å²) in [6, 6.07) is 11.2. The molecule has 0 aliphatic carbocycles. The molecular formula is C24H24F2N6O2. The number of aromatic amines is 2. The third-order valence-electron chi connectivity index (χ3n) is 5.20. The van der Waals surface area contributed by atoms with Gasteiger partial charge in [-0.1, -0.05) is 35.9 Å². The standard InChI is InChI=1S/C24H24F2N6O2/c1-14-6-8-15(9-7-14)21-18(12-27-10-11-34-2)29-23(31-21)22-19(13-28-32-22)30-24(33)20-16(25)4-3-5-17(20)26/h3-9,13,27H,10-12H2,1-2H3,(H,28,32)(H,29,31)(H,30,33). The van der Waals surface area contributed by atoms with Gasteiger partial charge in [0.1, 0.15) is 22.9 Å². The Morgan fingerprint density at radius 1 is 1.12 bits per heavy atom. The Kier molecular flexibility index (Phi) is 7.09. The van der Waals surface area contributed by atoms with Crippen molar-refractivity contribution in [3.05, 3.63) is 77.1 Å². The summed E-state index contributed by atoms with van der Waals surface area (Å²) in [6.45, 7) is 3.71. The zero-order valence-electron chi connectivity index (χ0n) is 18.7. The number of nitrogens with one attached hydrogen (secondary N) is 4. The Morgan fingerprint density at radius 3 is 2.56 bits per heavy atom. The van der Waals surface area contributed by atoms with Gasteiger partial charge >= 0.3 is 0 Å². The Morgan fingerprint density at radius 2 is 1.85 bits per heavy atom. The number of H-pyrrole nitrogens is 2. The summed E-state index contributed by atoms with van der Waals surface area (Å²) in [5, 5.41) is 12.6. The average molecular weight is 466 g/mol. The van der Waals surface area contributed by atoms with E-state index in [1.807, 2.05) is 31.2 Å². The van der Waals surface area contributed by atoms with E-state index >= 15 is 0 Å². The minimum atomic E-state index is -0.952. The van der Waals surface area contributed by atoms with Crippen molar-refractivity contribution in [3.63, 3.8) is 0 Å². The van der Waals surface area contributed by atoms with Gasteiger partial charge in [0.05, 0.1) is 29.9 Å². The number of amides is 1. The third-order valence-corrected chi connectivity index (χ3v) is 5.20. The van der Waals surface area contributed by atoms with E-state index in [1.165, 1.54) is 12.3 Å². The van der Waals surface area contributed by atoms with E-state index < -0.39 is 23.1 Å². The number of methoxy groups -OCH3 is 1. The smallest absolute Gasteiger partial charge is 0.261 e. The second kappa shape index (κ2) is 10.4. The molecule has 0 aliphatic heterocycles. The summed E-state index contributed by atoms with van der Waals surface area (Å²) in [7, 11) is 1.63. The zero-order valence-corrected chi connectivity index (χ0v) is 18.7. The van der Waals surface area contributed by atoms with Crippen LogP contribution in [0.4, 0.5) is 14.5 Å². The van der Waals surface area contributed by atoms with Crippen LogP contribution < -0.4 is 10.6 Å². The van der Waals surface area contributed by atoms with E-state index in [2.05, 4.69) is 25.8 Å². The van der Waals surface area contributed by atoms with Crippen LogP contribution in [0.15, 0.2) is 48.7 Å². The van der Waals surface area contributed by atoms with Crippen molar-refractivity contribution in [2.24, 2.45) is 0 Å². The number of rotatable bonds is 9. The topological polar surface area (TPSA) is 108 Å². The lowest BCUT2D eigenvalue weighted by Crippen LogP contribution is -2.19. The van der Waals surface area contributed by atoms with Crippen molar-refractivity contribution in [1.82, 2.24) is 25.5 Å². The van der Waals surface area contributed by atoms with Gasteiger partial charge in [0.15, 0.2) is 5.82 Å². The number of nitrogens with zero attached hydrogens (tertiary/aromatic N) is 2. The maximum atomic E-state index is 14.0. The number of aryl methyl sites for hydroxylation is 1. The molecule has 0 fully saturated rings. The number of imidazole rings is 1. The molecule has 8 nitrogen and oxygen atoms in total. The fourth-order valence-electron chi connectivity index (χ4n) is 3.45. The van der Waals surface area contributed by atoms with E-state index in [9.17, 15) is 13.6 Å². The number of aromatic nitrogens is 4. The molecule has 0 spiro atoms. The molecular weight excluding hydrogens is 442 g/mol. The van der Waals surface area contributed by atoms with E-state index in [-0.39, 0.29) is 5.69 Å². The van der Waals surface area contributed by atoms with Crippen LogP contribution in [-0.2, 0) is 11.3 Å². The maximum absolute atomic E-state index is 14.0. The highest BCUT2D eigenvalue weighted by Crippen LogP contribution is 2.29. The first-order valence-corrected chi connectivity index (χ1v) is 10.6. The van der Waals surface area contributed by atoms with E-state index in [4.69, 9.17) is 9.72 Å². The molecule has 0 bridgehead atoms. The minimum absolute atomic E-state index is 0.232. The largest absolute Gasteiger partial charge is 0.383 e. The second-order valence-electron chi connectivity index (χ2n) is 7.66. The normalized spacial score (nSPS) is 11.1. The van der Waals surface area contributed by atoms with Crippen molar-refractivity contribution in [2.75, 3.05) is 25.6 Å². The SMILES string of the molecule is COCCNCc1[nH]c(-c2[nH]ncc2NC(=O)c2c(F)cccc2F)nc1-c1ccc(C)cc1. The first kappa shape index (κ1) is 23.3. The van der Waals surface area contributed by atoms with Gasteiger partial charge in [-0.25, -0.2) is 13.8 Å². The number of carbonyl (C=O) groups is 1. The Balaban J connectivity index is 1.65. The number of hydrogen-bond acceptors (Lipinski definition) is 5. The van der Waals surface area contributed by atoms with Gasteiger partial charge in [0.25, 0.3) is 5.91 Å². The molecule has 1 amide bonds. The quantitative estimate of drug-likeness (QED) is 0.279. The number of benzene rings is 2. The van der Waals surface area contributed by atoms with Crippen LogP contribution >= 0.6 is 0 Å². The number of hydrogen-bond donors (Lipinski definition) is 4. The van der Waals surface area contributed by atoms with Crippen LogP contribution in [0, 0.1) is 18.6 Å². The molecule has 0 radical (unpaired) electrons. The molecule has 0 aliphatic rings. The summed E-state index contributed by atoms with van der Waals surface area (Å²) in [6.07, 6.45) is 1.36. The van der Waals surface area contributed by atoms with Gasteiger partial charge in [0, 0.05) is 25.8 Å². The Bertz CT molecular complexity index is 1260. The number of carbonyl (C=O) groups excluding carboxylic acids is 1. The molecule has 0 saturated heterocycles. The lowest BCUT2D eigenvalue weighted by Gasteiger charge is -2.06. The lowest BCUT2D eigenvalue weighted by atomic mass is 10.1. The summed E-state index contributed by atoms with van der Waals surface area (Å²) in [5.74, 6) is -2.41. The zero-order chi connectivity index (χ0) is 24.1. The lowest BCUT2D eigenvalue weighted by molar-refractivity contribution is 0.101. The molecule has 34 heavy (non-hydrogen) atoms. The fraction of sp³-hybridized carbons (Fsp3) is 0.208. The Labute approximate surface area is 194 Å². The fourth-order valence-corrected chi connectivity index (χ4v) is 3.45. The molecule has 4 rings (SSSR count). The van der Waals surface area contributed by atoms with Crippen LogP contribution in [-0.4, -0.2) is 46.3 Å². The first-order valence-electron chi connectivity index (χ1n) is 10.6. The molecule has 4 N–H and O–H groups in total.